The van der Waals surface area contributed by atoms with Crippen LogP contribution in [0, 0.1) is 0 Å². The Balaban J connectivity index is 1.92. The maximum atomic E-state index is 15.5. The van der Waals surface area contributed by atoms with Crippen molar-refractivity contribution in [1.29, 1.82) is 0 Å². The number of rotatable bonds is 2. The number of hydrogen-bond acceptors (Lipinski definition) is 5. The predicted molar refractivity (Wildman–Crippen MR) is 98.1 cm³/mol. The first-order chi connectivity index (χ1) is 12.4. The molecule has 0 radical (unpaired) electrons. The lowest BCUT2D eigenvalue weighted by Gasteiger charge is -2.53. The van der Waals surface area contributed by atoms with Gasteiger partial charge in [-0.3, -0.25) is 4.90 Å². The first kappa shape index (κ1) is 20.2. The van der Waals surface area contributed by atoms with Crippen LogP contribution in [-0.2, 0) is 4.74 Å². The van der Waals surface area contributed by atoms with Crippen molar-refractivity contribution in [3.8, 4) is 5.88 Å². The van der Waals surface area contributed by atoms with Gasteiger partial charge in [0.05, 0.1) is 11.1 Å². The average Bonchev–Trinajstić information content (AvgIpc) is 2.81. The molecule has 1 aromatic heterocycles. The van der Waals surface area contributed by atoms with E-state index in [9.17, 15) is 4.79 Å². The third-order valence-electron chi connectivity index (χ3n) is 5.36. The largest absolute Gasteiger partial charge is 0.467 e. The molecule has 2 saturated heterocycles. The van der Waals surface area contributed by atoms with Gasteiger partial charge in [-0.25, -0.2) is 13.6 Å². The van der Waals surface area contributed by atoms with Crippen LogP contribution in [0.1, 0.15) is 47.5 Å². The van der Waals surface area contributed by atoms with Gasteiger partial charge in [-0.15, -0.1) is 10.2 Å². The van der Waals surface area contributed by atoms with Gasteiger partial charge in [0.1, 0.15) is 10.2 Å². The van der Waals surface area contributed by atoms with Gasteiger partial charge in [0.15, 0.2) is 18.4 Å². The highest BCUT2D eigenvalue weighted by atomic mass is 79.9. The second kappa shape index (κ2) is 6.53. The van der Waals surface area contributed by atoms with E-state index in [4.69, 9.17) is 9.47 Å². The second-order valence-electron chi connectivity index (χ2n) is 8.61. The summed E-state index contributed by atoms with van der Waals surface area (Å²) in [4.78, 5) is 14.0. The first-order valence-electron chi connectivity index (χ1n) is 8.86. The fraction of sp³-hybridized carbons (Fsp3) is 0.722. The number of aromatic nitrogens is 2. The number of nitrogens with zero attached hydrogens (tertiary/aromatic N) is 3. The number of fused-ring (bicyclic) bond motifs is 2. The Kier molecular flexibility index (Phi) is 4.89. The second-order valence-corrected chi connectivity index (χ2v) is 9.42. The van der Waals surface area contributed by atoms with Crippen LogP contribution in [0.15, 0.2) is 16.7 Å². The Labute approximate surface area is 165 Å². The SMILES string of the molecule is CC(C)(C)OC(=O)N1C2(C)CCC1(C)C(F)C(Oc1ccc(Br)nn1)C2F. The van der Waals surface area contributed by atoms with Crippen molar-refractivity contribution in [1.82, 2.24) is 15.1 Å². The third-order valence-corrected chi connectivity index (χ3v) is 5.79. The Morgan fingerprint density at radius 3 is 2.19 bits per heavy atom. The fourth-order valence-electron chi connectivity index (χ4n) is 4.04. The molecule has 0 spiro atoms. The van der Waals surface area contributed by atoms with Crippen molar-refractivity contribution < 1.29 is 23.0 Å². The van der Waals surface area contributed by atoms with Crippen LogP contribution in [0.2, 0.25) is 0 Å². The van der Waals surface area contributed by atoms with Crippen LogP contribution in [0.25, 0.3) is 0 Å². The van der Waals surface area contributed by atoms with Gasteiger partial charge in [-0.2, -0.15) is 0 Å². The molecule has 3 heterocycles. The molecule has 9 heteroatoms. The zero-order chi connectivity index (χ0) is 20.2. The highest BCUT2D eigenvalue weighted by molar-refractivity contribution is 9.10. The number of halogens is 3. The van der Waals surface area contributed by atoms with Crippen molar-refractivity contribution in [2.24, 2.45) is 0 Å². The van der Waals surface area contributed by atoms with E-state index in [-0.39, 0.29) is 5.88 Å². The number of carbonyl (C=O) groups is 1. The van der Waals surface area contributed by atoms with Crippen LogP contribution in [0.3, 0.4) is 0 Å². The van der Waals surface area contributed by atoms with E-state index in [1.807, 2.05) is 0 Å². The van der Waals surface area contributed by atoms with Gasteiger partial charge in [-0.1, -0.05) is 0 Å². The minimum absolute atomic E-state index is 0.0332. The zero-order valence-electron chi connectivity index (χ0n) is 16.0. The molecule has 6 nitrogen and oxygen atoms in total. The summed E-state index contributed by atoms with van der Waals surface area (Å²) in [6.45, 7) is 8.39. The first-order valence-corrected chi connectivity index (χ1v) is 9.65. The number of alkyl halides is 2. The Morgan fingerprint density at radius 2 is 1.74 bits per heavy atom. The molecule has 0 aliphatic carbocycles. The monoisotopic (exact) mass is 447 g/mol. The van der Waals surface area contributed by atoms with Crippen LogP contribution in [-0.4, -0.2) is 56.3 Å². The Hall–Kier alpha value is -1.51. The van der Waals surface area contributed by atoms with Crippen LogP contribution in [0.5, 0.6) is 5.88 Å². The van der Waals surface area contributed by atoms with Crippen molar-refractivity contribution in [3.05, 3.63) is 16.7 Å². The number of carbonyl (C=O) groups excluding carboxylic acids is 1. The van der Waals surface area contributed by atoms with Crippen LogP contribution < -0.4 is 4.74 Å². The average molecular weight is 448 g/mol. The van der Waals surface area contributed by atoms with Crippen molar-refractivity contribution in [2.75, 3.05) is 0 Å². The Bertz CT molecular complexity index is 706. The van der Waals surface area contributed by atoms with Gasteiger partial charge < -0.3 is 9.47 Å². The van der Waals surface area contributed by atoms with Crippen LogP contribution in [0.4, 0.5) is 13.6 Å². The van der Waals surface area contributed by atoms with Crippen LogP contribution >= 0.6 is 15.9 Å². The molecule has 2 aliphatic heterocycles. The fourth-order valence-corrected chi connectivity index (χ4v) is 4.25. The molecule has 150 valence electrons. The van der Waals surface area contributed by atoms with Gasteiger partial charge in [-0.05, 0) is 69.5 Å². The normalized spacial score (nSPS) is 35.9. The lowest BCUT2D eigenvalue weighted by atomic mass is 9.81. The summed E-state index contributed by atoms with van der Waals surface area (Å²) in [5.41, 5.74) is -3.22. The lowest BCUT2D eigenvalue weighted by Crippen LogP contribution is -2.72. The molecule has 4 unspecified atom stereocenters. The number of hydrogen-bond donors (Lipinski definition) is 0. The van der Waals surface area contributed by atoms with E-state index < -0.39 is 41.2 Å². The van der Waals surface area contributed by atoms with Gasteiger partial charge in [0.2, 0.25) is 5.88 Å². The molecule has 2 bridgehead atoms. The minimum Gasteiger partial charge on any atom is -0.467 e. The summed E-state index contributed by atoms with van der Waals surface area (Å²) >= 11 is 3.15. The molecule has 1 amide bonds. The quantitative estimate of drug-likeness (QED) is 0.678. The third kappa shape index (κ3) is 3.39. The van der Waals surface area contributed by atoms with Crippen molar-refractivity contribution in [2.45, 2.75) is 82.6 Å². The predicted octanol–water partition coefficient (Wildman–Crippen LogP) is 4.22. The van der Waals surface area contributed by atoms with Gasteiger partial charge in [0.25, 0.3) is 0 Å². The molecule has 0 saturated carbocycles. The van der Waals surface area contributed by atoms with Gasteiger partial charge >= 0.3 is 6.09 Å². The number of amides is 1. The number of piperidine rings is 1. The molecule has 2 aliphatic rings. The molecule has 0 aromatic carbocycles. The molecule has 4 atom stereocenters. The van der Waals surface area contributed by atoms with E-state index in [2.05, 4.69) is 26.1 Å². The molecular weight excluding hydrogens is 424 g/mol. The zero-order valence-corrected chi connectivity index (χ0v) is 17.6. The van der Waals surface area contributed by atoms with E-state index >= 15 is 8.78 Å². The van der Waals surface area contributed by atoms with Gasteiger partial charge in [0, 0.05) is 6.07 Å². The summed E-state index contributed by atoms with van der Waals surface area (Å²) in [5, 5.41) is 7.58. The molecular formula is C18H24BrF2N3O3. The summed E-state index contributed by atoms with van der Waals surface area (Å²) in [6.07, 6.45) is -4.97. The lowest BCUT2D eigenvalue weighted by molar-refractivity contribution is -0.141. The number of ether oxygens (including phenoxy) is 2. The molecule has 27 heavy (non-hydrogen) atoms. The summed E-state index contributed by atoms with van der Waals surface area (Å²) in [6, 6.07) is 3.07. The molecule has 1 aromatic rings. The van der Waals surface area contributed by atoms with Crippen molar-refractivity contribution in [3.63, 3.8) is 0 Å². The van der Waals surface area contributed by atoms with E-state index in [0.29, 0.717) is 17.4 Å². The minimum atomic E-state index is -1.75. The highest BCUT2D eigenvalue weighted by Gasteiger charge is 2.69. The maximum Gasteiger partial charge on any atom is 0.411 e. The Morgan fingerprint density at radius 1 is 1.19 bits per heavy atom. The standard InChI is InChI=1S/C18H24BrF2N3O3/c1-16(2,3)27-15(25)24-17(4)8-9-18(24,5)14(21)12(13(17)20)26-11-7-6-10(19)22-23-11/h6-7,12-14H,8-9H2,1-5H3. The molecule has 2 fully saturated rings. The summed E-state index contributed by atoms with van der Waals surface area (Å²) in [7, 11) is 0. The van der Waals surface area contributed by atoms with E-state index in [1.54, 1.807) is 40.7 Å². The topological polar surface area (TPSA) is 64.5 Å². The highest BCUT2D eigenvalue weighted by Crippen LogP contribution is 2.53. The summed E-state index contributed by atoms with van der Waals surface area (Å²) in [5.74, 6) is 0.0332. The van der Waals surface area contributed by atoms with E-state index in [1.165, 1.54) is 11.0 Å². The van der Waals surface area contributed by atoms with Crippen molar-refractivity contribution >= 4 is 22.0 Å². The summed E-state index contributed by atoms with van der Waals surface area (Å²) < 4.78 is 42.4. The van der Waals surface area contributed by atoms with E-state index in [0.717, 1.165) is 0 Å². The maximum absolute atomic E-state index is 15.5. The molecule has 0 N–H and O–H groups in total. The smallest absolute Gasteiger partial charge is 0.411 e. The molecule has 3 rings (SSSR count).